The zero-order chi connectivity index (χ0) is 29.0. The first-order valence-corrected chi connectivity index (χ1v) is 13.6. The number of fused-ring (bicyclic) bond motifs is 3. The fraction of sp³-hybridized carbons (Fsp3) is 0.121. The number of amides is 1. The molecule has 0 bridgehead atoms. The van der Waals surface area contributed by atoms with Crippen LogP contribution < -0.4 is 5.69 Å². The highest BCUT2D eigenvalue weighted by Gasteiger charge is 2.31. The summed E-state index contributed by atoms with van der Waals surface area (Å²) in [7, 11) is 0. The molecule has 1 atom stereocenters. The van der Waals surface area contributed by atoms with E-state index in [1.165, 1.54) is 21.3 Å². The molecule has 0 spiro atoms. The van der Waals surface area contributed by atoms with Crippen molar-refractivity contribution in [2.24, 2.45) is 10.2 Å². The third-order valence-corrected chi connectivity index (χ3v) is 7.72. The fourth-order valence-electron chi connectivity index (χ4n) is 5.67. The molecule has 7 rings (SSSR count). The van der Waals surface area contributed by atoms with E-state index in [2.05, 4.69) is 22.3 Å². The number of carbonyl (C=O) groups is 1. The van der Waals surface area contributed by atoms with Crippen molar-refractivity contribution in [1.82, 2.24) is 19.5 Å². The van der Waals surface area contributed by atoms with Crippen LogP contribution in [0.25, 0.3) is 16.8 Å². The van der Waals surface area contributed by atoms with Crippen LogP contribution in [0.1, 0.15) is 47.5 Å². The van der Waals surface area contributed by atoms with Crippen LogP contribution in [0.4, 0.5) is 0 Å². The summed E-state index contributed by atoms with van der Waals surface area (Å²) in [4.78, 5) is 25.9. The summed E-state index contributed by atoms with van der Waals surface area (Å²) in [5.74, 6) is 0.467. The van der Waals surface area contributed by atoms with Crippen molar-refractivity contribution in [3.63, 3.8) is 0 Å². The number of aromatic nitrogens is 3. The number of carbonyl (C=O) groups excluding carboxylic acids is 1. The topological polar surface area (TPSA) is 105 Å². The molecule has 1 aliphatic carbocycles. The number of rotatable bonds is 4. The van der Waals surface area contributed by atoms with E-state index >= 15 is 0 Å². The van der Waals surface area contributed by atoms with Crippen LogP contribution in [0, 0.1) is 6.92 Å². The van der Waals surface area contributed by atoms with E-state index in [0.717, 1.165) is 44.8 Å². The number of phenolic OH excluding ortho intramolecular Hbond substituents is 1. The Morgan fingerprint density at radius 2 is 1.45 bits per heavy atom. The van der Waals surface area contributed by atoms with Crippen LogP contribution in [0.2, 0.25) is 0 Å². The Balaban J connectivity index is 1.20. The van der Waals surface area contributed by atoms with Gasteiger partial charge < -0.3 is 5.11 Å². The van der Waals surface area contributed by atoms with Gasteiger partial charge in [-0.15, -0.1) is 5.10 Å². The minimum absolute atomic E-state index is 0.165. The van der Waals surface area contributed by atoms with Gasteiger partial charge in [0.1, 0.15) is 5.75 Å². The summed E-state index contributed by atoms with van der Waals surface area (Å²) < 4.78 is 2.68. The molecule has 1 aromatic heterocycles. The number of hydrogen-bond donors (Lipinski definition) is 1. The van der Waals surface area contributed by atoms with Gasteiger partial charge in [0.2, 0.25) is 5.91 Å². The van der Waals surface area contributed by atoms with Gasteiger partial charge in [-0.1, -0.05) is 72.8 Å². The number of aryl methyl sites for hydroxylation is 1. The molecule has 1 amide bonds. The molecule has 1 aliphatic heterocycles. The van der Waals surface area contributed by atoms with Gasteiger partial charge in [0.25, 0.3) is 0 Å². The minimum Gasteiger partial charge on any atom is -0.508 e. The Labute approximate surface area is 241 Å². The van der Waals surface area contributed by atoms with Crippen molar-refractivity contribution >= 4 is 17.3 Å². The Kier molecular flexibility index (Phi) is 5.93. The summed E-state index contributed by atoms with van der Waals surface area (Å²) in [5, 5.41) is 25.1. The second-order valence-corrected chi connectivity index (χ2v) is 10.4. The van der Waals surface area contributed by atoms with Crippen LogP contribution in [0.5, 0.6) is 5.75 Å². The Hall–Kier alpha value is -5.57. The number of aromatic hydroxyl groups is 1. The van der Waals surface area contributed by atoms with Crippen molar-refractivity contribution in [1.29, 1.82) is 0 Å². The molecule has 2 heterocycles. The van der Waals surface area contributed by atoms with E-state index in [0.29, 0.717) is 17.9 Å². The summed E-state index contributed by atoms with van der Waals surface area (Å²) >= 11 is 0. The first kappa shape index (κ1) is 25.4. The molecule has 2 aliphatic rings. The SMILES string of the molecule is CC(=O)N1N=C(c2ccc(-n3nc(C)n(N=C4c5ccccc5-c5ccccc54)c3=O)cc2)CC1c1ccc(O)cc1. The lowest BCUT2D eigenvalue weighted by atomic mass is 9.98. The molecule has 4 aromatic carbocycles. The molecule has 0 saturated heterocycles. The maximum absolute atomic E-state index is 13.6. The van der Waals surface area contributed by atoms with Gasteiger partial charge in [-0.05, 0) is 53.4 Å². The van der Waals surface area contributed by atoms with Gasteiger partial charge in [0, 0.05) is 24.5 Å². The molecular weight excluding hydrogens is 528 g/mol. The number of hydrogen-bond acceptors (Lipinski definition) is 6. The van der Waals surface area contributed by atoms with Gasteiger partial charge in [-0.3, -0.25) is 4.79 Å². The predicted molar refractivity (Wildman–Crippen MR) is 160 cm³/mol. The van der Waals surface area contributed by atoms with E-state index in [4.69, 9.17) is 5.10 Å². The summed E-state index contributed by atoms with van der Waals surface area (Å²) in [5.41, 5.74) is 7.58. The summed E-state index contributed by atoms with van der Waals surface area (Å²) in [6, 6.07) is 30.0. The molecule has 1 N–H and O–H groups in total. The highest BCUT2D eigenvalue weighted by atomic mass is 16.3. The Bertz CT molecular complexity index is 1940. The maximum Gasteiger partial charge on any atom is 0.371 e. The van der Waals surface area contributed by atoms with E-state index in [1.807, 2.05) is 60.7 Å². The van der Waals surface area contributed by atoms with Gasteiger partial charge >= 0.3 is 5.69 Å². The molecule has 5 aromatic rings. The third-order valence-electron chi connectivity index (χ3n) is 7.72. The van der Waals surface area contributed by atoms with Crippen LogP contribution in [0.15, 0.2) is 112 Å². The quantitative estimate of drug-likeness (QED) is 0.330. The first-order chi connectivity index (χ1) is 20.4. The Morgan fingerprint density at radius 1 is 0.857 bits per heavy atom. The number of hydrazone groups is 1. The normalized spacial score (nSPS) is 15.4. The molecule has 0 radical (unpaired) electrons. The lowest BCUT2D eigenvalue weighted by molar-refractivity contribution is -0.130. The molecule has 1 unspecified atom stereocenters. The zero-order valence-electron chi connectivity index (χ0n) is 23.0. The van der Waals surface area contributed by atoms with Gasteiger partial charge in [-0.2, -0.15) is 19.6 Å². The smallest absolute Gasteiger partial charge is 0.371 e. The van der Waals surface area contributed by atoms with E-state index in [1.54, 1.807) is 31.2 Å². The molecule has 42 heavy (non-hydrogen) atoms. The van der Waals surface area contributed by atoms with E-state index in [9.17, 15) is 14.7 Å². The van der Waals surface area contributed by atoms with Crippen LogP contribution in [0.3, 0.4) is 0 Å². The molecular formula is C33H26N6O3. The number of nitrogens with zero attached hydrogens (tertiary/aromatic N) is 6. The first-order valence-electron chi connectivity index (χ1n) is 13.6. The fourth-order valence-corrected chi connectivity index (χ4v) is 5.67. The monoisotopic (exact) mass is 554 g/mol. The van der Waals surface area contributed by atoms with Crippen LogP contribution in [-0.2, 0) is 4.79 Å². The molecule has 9 heteroatoms. The van der Waals surface area contributed by atoms with Crippen LogP contribution in [-0.4, -0.2) is 41.9 Å². The van der Waals surface area contributed by atoms with Crippen LogP contribution >= 0.6 is 0 Å². The highest BCUT2D eigenvalue weighted by Crippen LogP contribution is 2.37. The molecule has 9 nitrogen and oxygen atoms in total. The average Bonchev–Trinajstić information content (AvgIpc) is 3.67. The van der Waals surface area contributed by atoms with Crippen molar-refractivity contribution in [2.45, 2.75) is 26.3 Å². The second kappa shape index (κ2) is 9.81. The van der Waals surface area contributed by atoms with E-state index < -0.39 is 0 Å². The number of phenols is 1. The van der Waals surface area contributed by atoms with Gasteiger partial charge in [0.05, 0.1) is 23.2 Å². The predicted octanol–water partition coefficient (Wildman–Crippen LogP) is 5.03. The van der Waals surface area contributed by atoms with Gasteiger partial charge in [-0.25, -0.2) is 9.80 Å². The maximum atomic E-state index is 13.6. The Morgan fingerprint density at radius 3 is 2.05 bits per heavy atom. The van der Waals surface area contributed by atoms with Crippen molar-refractivity contribution in [2.75, 3.05) is 0 Å². The number of benzene rings is 4. The second-order valence-electron chi connectivity index (χ2n) is 10.4. The standard InChI is InChI=1S/C33H26N6O3/c1-20-34-39(33(42)37(20)36-32-28-9-5-3-7-26(28)27-8-4-6-10-29(27)32)24-15-11-22(12-16-24)30-19-31(38(35-30)21(2)40)23-13-17-25(41)18-14-23/h3-18,31,41H,19H2,1-2H3. The lowest BCUT2D eigenvalue weighted by Crippen LogP contribution is -2.24. The molecule has 206 valence electrons. The molecule has 0 saturated carbocycles. The average molecular weight is 555 g/mol. The van der Waals surface area contributed by atoms with Crippen molar-refractivity contribution < 1.29 is 9.90 Å². The van der Waals surface area contributed by atoms with Crippen molar-refractivity contribution in [3.05, 3.63) is 136 Å². The third kappa shape index (κ3) is 4.14. The molecule has 0 fully saturated rings. The van der Waals surface area contributed by atoms with Gasteiger partial charge in [0.15, 0.2) is 5.82 Å². The van der Waals surface area contributed by atoms with Crippen molar-refractivity contribution in [3.8, 4) is 22.6 Å². The minimum atomic E-state index is -0.372. The lowest BCUT2D eigenvalue weighted by Gasteiger charge is -2.20. The highest BCUT2D eigenvalue weighted by molar-refractivity contribution is 6.24. The van der Waals surface area contributed by atoms with E-state index in [-0.39, 0.29) is 23.4 Å². The zero-order valence-corrected chi connectivity index (χ0v) is 23.0. The summed E-state index contributed by atoms with van der Waals surface area (Å²) in [6.07, 6.45) is 0.526. The largest absolute Gasteiger partial charge is 0.508 e. The summed E-state index contributed by atoms with van der Waals surface area (Å²) in [6.45, 7) is 3.25.